The van der Waals surface area contributed by atoms with Crippen LogP contribution in [0.1, 0.15) is 44.7 Å². The summed E-state index contributed by atoms with van der Waals surface area (Å²) in [6, 6.07) is 21.3. The van der Waals surface area contributed by atoms with Gasteiger partial charge in [0.1, 0.15) is 12.6 Å². The number of rotatable bonds is 13. The summed E-state index contributed by atoms with van der Waals surface area (Å²) in [5, 5.41) is 3.33. The van der Waals surface area contributed by atoms with Crippen LogP contribution in [0, 0.1) is 0 Å². The topological polar surface area (TPSA) is 86.8 Å². The van der Waals surface area contributed by atoms with Crippen LogP contribution in [0.3, 0.4) is 0 Å². The lowest BCUT2D eigenvalue weighted by Crippen LogP contribution is -2.51. The average Bonchev–Trinajstić information content (AvgIpc) is 2.95. The van der Waals surface area contributed by atoms with Gasteiger partial charge < -0.3 is 10.2 Å². The Kier molecular flexibility index (Phi) is 10.9. The Balaban J connectivity index is 2.00. The van der Waals surface area contributed by atoms with Crippen LogP contribution in [0.4, 0.5) is 5.69 Å². The molecule has 0 spiro atoms. The van der Waals surface area contributed by atoms with E-state index in [2.05, 4.69) is 5.32 Å². The van der Waals surface area contributed by atoms with Crippen LogP contribution in [0.2, 0.25) is 5.02 Å². The second-order valence-electron chi connectivity index (χ2n) is 9.28. The predicted octanol–water partition coefficient (Wildman–Crippen LogP) is 5.43. The molecule has 1 atom stereocenters. The Morgan fingerprint density at radius 1 is 0.923 bits per heavy atom. The van der Waals surface area contributed by atoms with Crippen molar-refractivity contribution in [1.29, 1.82) is 0 Å². The Labute approximate surface area is 236 Å². The summed E-state index contributed by atoms with van der Waals surface area (Å²) in [5.41, 5.74) is 2.06. The van der Waals surface area contributed by atoms with Crippen LogP contribution in [-0.2, 0) is 32.6 Å². The quantitative estimate of drug-likeness (QED) is 0.278. The van der Waals surface area contributed by atoms with E-state index in [4.69, 9.17) is 11.6 Å². The first-order valence-electron chi connectivity index (χ1n) is 13.2. The van der Waals surface area contributed by atoms with Crippen LogP contribution in [-0.4, -0.2) is 44.3 Å². The van der Waals surface area contributed by atoms with Crippen molar-refractivity contribution in [3.05, 3.63) is 95.0 Å². The number of hydrogen-bond acceptors (Lipinski definition) is 4. The number of benzene rings is 3. The molecule has 0 aliphatic rings. The summed E-state index contributed by atoms with van der Waals surface area (Å²) in [7, 11) is -4.09. The molecule has 0 radical (unpaired) electrons. The molecule has 0 heterocycles. The Morgan fingerprint density at radius 3 is 2.18 bits per heavy atom. The van der Waals surface area contributed by atoms with Gasteiger partial charge in [0.15, 0.2) is 0 Å². The van der Waals surface area contributed by atoms with E-state index in [1.165, 1.54) is 17.0 Å². The van der Waals surface area contributed by atoms with Crippen molar-refractivity contribution in [2.24, 2.45) is 0 Å². The number of carbonyl (C=O) groups is 2. The summed E-state index contributed by atoms with van der Waals surface area (Å²) in [5.74, 6) is -0.833. The third kappa shape index (κ3) is 7.83. The smallest absolute Gasteiger partial charge is 0.264 e. The molecule has 9 heteroatoms. The molecule has 0 aliphatic heterocycles. The largest absolute Gasteiger partial charge is 0.354 e. The standard InChI is InChI=1S/C30H36ClN3O4S/c1-4-6-20-32-30(36)23(3)33(21-25-12-10-11-15-28(25)31)29(35)22-34(26-18-16-24(5-2)17-19-26)39(37,38)27-13-8-7-9-14-27/h7-19,23H,4-6,20-22H2,1-3H3,(H,32,36)/t23-/m1/s1. The van der Waals surface area contributed by atoms with Gasteiger partial charge >= 0.3 is 0 Å². The van der Waals surface area contributed by atoms with Gasteiger partial charge in [-0.1, -0.05) is 80.4 Å². The Bertz CT molecular complexity index is 1350. The number of nitrogens with one attached hydrogen (secondary N) is 1. The lowest BCUT2D eigenvalue weighted by atomic mass is 10.1. The average molecular weight is 570 g/mol. The molecule has 3 aromatic carbocycles. The van der Waals surface area contributed by atoms with Crippen molar-refractivity contribution in [3.8, 4) is 0 Å². The molecule has 1 N–H and O–H groups in total. The molecule has 0 fully saturated rings. The molecule has 0 saturated heterocycles. The molecule has 3 rings (SSSR count). The second-order valence-corrected chi connectivity index (χ2v) is 11.5. The Morgan fingerprint density at radius 2 is 1.56 bits per heavy atom. The van der Waals surface area contributed by atoms with Crippen LogP contribution in [0.15, 0.2) is 83.8 Å². The van der Waals surface area contributed by atoms with E-state index in [1.54, 1.807) is 61.5 Å². The molecule has 208 valence electrons. The number of amides is 2. The fraction of sp³-hybridized carbons (Fsp3) is 0.333. The van der Waals surface area contributed by atoms with E-state index >= 15 is 0 Å². The third-order valence-electron chi connectivity index (χ3n) is 6.54. The van der Waals surface area contributed by atoms with E-state index in [0.717, 1.165) is 29.1 Å². The molecule has 0 aromatic heterocycles. The number of unbranched alkanes of at least 4 members (excludes halogenated alkanes) is 1. The number of sulfonamides is 1. The van der Waals surface area contributed by atoms with Crippen molar-refractivity contribution < 1.29 is 18.0 Å². The second kappa shape index (κ2) is 14.1. The fourth-order valence-electron chi connectivity index (χ4n) is 4.08. The fourth-order valence-corrected chi connectivity index (χ4v) is 5.71. The van der Waals surface area contributed by atoms with E-state index in [9.17, 15) is 18.0 Å². The molecule has 0 unspecified atom stereocenters. The minimum Gasteiger partial charge on any atom is -0.354 e. The zero-order valence-corrected chi connectivity index (χ0v) is 24.2. The van der Waals surface area contributed by atoms with Gasteiger partial charge in [0.25, 0.3) is 10.0 Å². The number of hydrogen-bond donors (Lipinski definition) is 1. The minimum absolute atomic E-state index is 0.0505. The molecule has 7 nitrogen and oxygen atoms in total. The molecule has 0 bridgehead atoms. The van der Waals surface area contributed by atoms with Crippen molar-refractivity contribution in [2.45, 2.75) is 57.5 Å². The first-order chi connectivity index (χ1) is 18.7. The molecule has 3 aromatic rings. The van der Waals surface area contributed by atoms with Crippen molar-refractivity contribution in [2.75, 3.05) is 17.4 Å². The highest BCUT2D eigenvalue weighted by molar-refractivity contribution is 7.92. The zero-order chi connectivity index (χ0) is 28.4. The molecular formula is C30H36ClN3O4S. The monoisotopic (exact) mass is 569 g/mol. The molecule has 0 aliphatic carbocycles. The van der Waals surface area contributed by atoms with Crippen LogP contribution < -0.4 is 9.62 Å². The number of nitrogens with zero attached hydrogens (tertiary/aromatic N) is 2. The van der Waals surface area contributed by atoms with Gasteiger partial charge in [-0.2, -0.15) is 0 Å². The minimum atomic E-state index is -4.09. The van der Waals surface area contributed by atoms with Gasteiger partial charge in [-0.3, -0.25) is 13.9 Å². The molecule has 0 saturated carbocycles. The SMILES string of the molecule is CCCCNC(=O)[C@@H](C)N(Cc1ccccc1Cl)C(=O)CN(c1ccc(CC)cc1)S(=O)(=O)c1ccccc1. The summed E-state index contributed by atoms with van der Waals surface area (Å²) in [4.78, 5) is 28.4. The van der Waals surface area contributed by atoms with E-state index in [-0.39, 0.29) is 17.3 Å². The lowest BCUT2D eigenvalue weighted by molar-refractivity contribution is -0.139. The van der Waals surface area contributed by atoms with Crippen LogP contribution >= 0.6 is 11.6 Å². The van der Waals surface area contributed by atoms with Gasteiger partial charge in [-0.25, -0.2) is 8.42 Å². The predicted molar refractivity (Wildman–Crippen MR) is 156 cm³/mol. The van der Waals surface area contributed by atoms with Crippen molar-refractivity contribution in [3.63, 3.8) is 0 Å². The first kappa shape index (κ1) is 30.2. The van der Waals surface area contributed by atoms with E-state index in [1.807, 2.05) is 26.0 Å². The molecule has 2 amide bonds. The Hall–Kier alpha value is -3.36. The van der Waals surface area contributed by atoms with Crippen LogP contribution in [0.5, 0.6) is 0 Å². The summed E-state index contributed by atoms with van der Waals surface area (Å²) in [6.07, 6.45) is 2.52. The number of halogens is 1. The summed E-state index contributed by atoms with van der Waals surface area (Å²) >= 11 is 6.40. The maximum Gasteiger partial charge on any atom is 0.264 e. The van der Waals surface area contributed by atoms with Crippen LogP contribution in [0.25, 0.3) is 0 Å². The summed E-state index contributed by atoms with van der Waals surface area (Å²) < 4.78 is 28.7. The van der Waals surface area contributed by atoms with Gasteiger partial charge in [0.2, 0.25) is 11.8 Å². The maximum absolute atomic E-state index is 13.9. The highest BCUT2D eigenvalue weighted by atomic mass is 35.5. The zero-order valence-electron chi connectivity index (χ0n) is 22.6. The number of anilines is 1. The maximum atomic E-state index is 13.9. The van der Waals surface area contributed by atoms with Gasteiger partial charge in [0.05, 0.1) is 10.6 Å². The number of carbonyl (C=O) groups excluding carboxylic acids is 2. The molecule has 39 heavy (non-hydrogen) atoms. The van der Waals surface area contributed by atoms with E-state index in [0.29, 0.717) is 22.8 Å². The van der Waals surface area contributed by atoms with Crippen molar-refractivity contribution >= 4 is 39.1 Å². The molecular weight excluding hydrogens is 534 g/mol. The number of aryl methyl sites for hydroxylation is 1. The van der Waals surface area contributed by atoms with Crippen molar-refractivity contribution in [1.82, 2.24) is 10.2 Å². The summed E-state index contributed by atoms with van der Waals surface area (Å²) in [6.45, 7) is 5.73. The normalized spacial score (nSPS) is 12.0. The van der Waals surface area contributed by atoms with Gasteiger partial charge in [-0.05, 0) is 61.2 Å². The first-order valence-corrected chi connectivity index (χ1v) is 15.0. The highest BCUT2D eigenvalue weighted by Crippen LogP contribution is 2.26. The highest BCUT2D eigenvalue weighted by Gasteiger charge is 2.32. The van der Waals surface area contributed by atoms with Gasteiger partial charge in [-0.15, -0.1) is 0 Å². The van der Waals surface area contributed by atoms with E-state index < -0.39 is 28.5 Å². The lowest BCUT2D eigenvalue weighted by Gasteiger charge is -2.32. The van der Waals surface area contributed by atoms with Gasteiger partial charge in [0, 0.05) is 18.1 Å². The third-order valence-corrected chi connectivity index (χ3v) is 8.69.